The Labute approximate surface area is 180 Å². The van der Waals surface area contributed by atoms with Crippen LogP contribution in [0.4, 0.5) is 11.5 Å². The van der Waals surface area contributed by atoms with E-state index in [1.54, 1.807) is 24.5 Å². The highest BCUT2D eigenvalue weighted by atomic mass is 16.5. The van der Waals surface area contributed by atoms with Crippen molar-refractivity contribution in [3.8, 4) is 0 Å². The van der Waals surface area contributed by atoms with Crippen molar-refractivity contribution in [2.75, 3.05) is 36.5 Å². The largest absolute Gasteiger partial charge is 0.378 e. The minimum atomic E-state index is -0.203. The number of aromatic nitrogens is 3. The van der Waals surface area contributed by atoms with E-state index >= 15 is 0 Å². The third kappa shape index (κ3) is 4.00. The predicted octanol–water partition coefficient (Wildman–Crippen LogP) is 3.57. The van der Waals surface area contributed by atoms with Crippen molar-refractivity contribution in [1.29, 1.82) is 0 Å². The van der Waals surface area contributed by atoms with Gasteiger partial charge in [0.05, 0.1) is 36.3 Å². The summed E-state index contributed by atoms with van der Waals surface area (Å²) in [5.74, 6) is 0.361. The van der Waals surface area contributed by atoms with E-state index in [-0.39, 0.29) is 5.91 Å². The van der Waals surface area contributed by atoms with E-state index in [4.69, 9.17) is 9.84 Å². The van der Waals surface area contributed by atoms with Crippen LogP contribution in [-0.4, -0.2) is 47.0 Å². The van der Waals surface area contributed by atoms with Gasteiger partial charge in [0.1, 0.15) is 0 Å². The van der Waals surface area contributed by atoms with Crippen LogP contribution in [-0.2, 0) is 11.3 Å². The number of hydrogen-bond donors (Lipinski definition) is 1. The number of pyridine rings is 1. The quantitative estimate of drug-likeness (QED) is 0.542. The van der Waals surface area contributed by atoms with Crippen molar-refractivity contribution in [3.63, 3.8) is 0 Å². The number of carbonyl (C=O) groups is 1. The molecule has 2 aromatic carbocycles. The molecule has 1 amide bonds. The van der Waals surface area contributed by atoms with Crippen molar-refractivity contribution in [1.82, 2.24) is 14.8 Å². The standard InChI is InChI=1S/C24H23N5O2/c30-24(19-9-11-25-12-10-19)26-23-22-20(28-13-15-31-16-14-28)7-4-8-21(22)29(27-23)17-18-5-2-1-3-6-18/h1-12H,13-17H2,(H,26,27,30). The number of anilines is 2. The Morgan fingerprint density at radius 2 is 1.74 bits per heavy atom. The van der Waals surface area contributed by atoms with Gasteiger partial charge in [-0.3, -0.25) is 14.5 Å². The van der Waals surface area contributed by atoms with Gasteiger partial charge in [-0.1, -0.05) is 36.4 Å². The highest BCUT2D eigenvalue weighted by molar-refractivity contribution is 6.10. The lowest BCUT2D eigenvalue weighted by atomic mass is 10.1. The van der Waals surface area contributed by atoms with Gasteiger partial charge in [0.25, 0.3) is 5.91 Å². The van der Waals surface area contributed by atoms with Crippen molar-refractivity contribution in [3.05, 3.63) is 84.2 Å². The molecule has 3 heterocycles. The van der Waals surface area contributed by atoms with Crippen LogP contribution in [0.25, 0.3) is 10.9 Å². The molecule has 1 N–H and O–H groups in total. The summed E-state index contributed by atoms with van der Waals surface area (Å²) in [4.78, 5) is 19.2. The predicted molar refractivity (Wildman–Crippen MR) is 120 cm³/mol. The fourth-order valence-corrected chi connectivity index (χ4v) is 3.93. The number of ether oxygens (including phenoxy) is 1. The fourth-order valence-electron chi connectivity index (χ4n) is 3.93. The molecule has 1 fully saturated rings. The second kappa shape index (κ2) is 8.57. The monoisotopic (exact) mass is 413 g/mol. The second-order valence-electron chi connectivity index (χ2n) is 7.45. The molecule has 0 unspecified atom stereocenters. The van der Waals surface area contributed by atoms with E-state index in [1.807, 2.05) is 28.9 Å². The van der Waals surface area contributed by atoms with E-state index in [2.05, 4.69) is 39.5 Å². The van der Waals surface area contributed by atoms with Gasteiger partial charge in [0, 0.05) is 31.0 Å². The van der Waals surface area contributed by atoms with Crippen molar-refractivity contribution < 1.29 is 9.53 Å². The number of rotatable bonds is 5. The Hall–Kier alpha value is -3.71. The Morgan fingerprint density at radius 1 is 0.968 bits per heavy atom. The summed E-state index contributed by atoms with van der Waals surface area (Å²) < 4.78 is 7.49. The smallest absolute Gasteiger partial charge is 0.256 e. The van der Waals surface area contributed by atoms with Crippen LogP contribution >= 0.6 is 0 Å². The van der Waals surface area contributed by atoms with E-state index in [1.165, 1.54) is 0 Å². The van der Waals surface area contributed by atoms with Crippen LogP contribution in [0.15, 0.2) is 73.1 Å². The van der Waals surface area contributed by atoms with Crippen LogP contribution < -0.4 is 10.2 Å². The minimum Gasteiger partial charge on any atom is -0.378 e. The van der Waals surface area contributed by atoms with Crippen molar-refractivity contribution >= 4 is 28.3 Å². The first-order valence-electron chi connectivity index (χ1n) is 10.4. The number of nitrogens with one attached hydrogen (secondary N) is 1. The molecule has 0 radical (unpaired) electrons. The normalized spacial score (nSPS) is 14.0. The molecule has 4 aromatic rings. The third-order valence-electron chi connectivity index (χ3n) is 5.46. The SMILES string of the molecule is O=C(Nc1nn(Cc2ccccc2)c2cccc(N3CCOCC3)c12)c1ccncc1. The van der Waals surface area contributed by atoms with E-state index in [9.17, 15) is 4.79 Å². The zero-order valence-corrected chi connectivity index (χ0v) is 17.1. The van der Waals surface area contributed by atoms with Gasteiger partial charge in [-0.15, -0.1) is 0 Å². The Morgan fingerprint density at radius 3 is 2.52 bits per heavy atom. The summed E-state index contributed by atoms with van der Waals surface area (Å²) in [5, 5.41) is 8.79. The number of fused-ring (bicyclic) bond motifs is 1. The summed E-state index contributed by atoms with van der Waals surface area (Å²) in [7, 11) is 0. The molecule has 0 spiro atoms. The number of hydrogen-bond acceptors (Lipinski definition) is 5. The molecule has 0 atom stereocenters. The van der Waals surface area contributed by atoms with Crippen LogP contribution in [0.2, 0.25) is 0 Å². The first kappa shape index (κ1) is 19.3. The topological polar surface area (TPSA) is 72.3 Å². The highest BCUT2D eigenvalue weighted by Crippen LogP contribution is 2.34. The number of nitrogens with zero attached hydrogens (tertiary/aromatic N) is 4. The number of morpholine rings is 1. The zero-order valence-electron chi connectivity index (χ0n) is 17.1. The Balaban J connectivity index is 1.59. The second-order valence-corrected chi connectivity index (χ2v) is 7.45. The molecule has 1 aliphatic rings. The minimum absolute atomic E-state index is 0.203. The van der Waals surface area contributed by atoms with E-state index < -0.39 is 0 Å². The van der Waals surface area contributed by atoms with Gasteiger partial charge in [-0.2, -0.15) is 5.10 Å². The molecule has 1 aliphatic heterocycles. The summed E-state index contributed by atoms with van der Waals surface area (Å²) in [5.41, 5.74) is 3.74. The number of benzene rings is 2. The Bertz CT molecular complexity index is 1180. The van der Waals surface area contributed by atoms with Crippen LogP contribution in [0.1, 0.15) is 15.9 Å². The van der Waals surface area contributed by atoms with Gasteiger partial charge in [0.15, 0.2) is 5.82 Å². The molecular weight excluding hydrogens is 390 g/mol. The zero-order chi connectivity index (χ0) is 21.0. The fraction of sp³-hybridized carbons (Fsp3) is 0.208. The average Bonchev–Trinajstić information content (AvgIpc) is 3.18. The van der Waals surface area contributed by atoms with Crippen LogP contribution in [0, 0.1) is 0 Å². The molecule has 1 saturated heterocycles. The van der Waals surface area contributed by atoms with Gasteiger partial charge < -0.3 is 15.0 Å². The first-order valence-corrected chi connectivity index (χ1v) is 10.4. The molecule has 2 aromatic heterocycles. The summed E-state index contributed by atoms with van der Waals surface area (Å²) in [6.45, 7) is 3.61. The molecule has 7 nitrogen and oxygen atoms in total. The number of amides is 1. The highest BCUT2D eigenvalue weighted by Gasteiger charge is 2.21. The van der Waals surface area contributed by atoms with Gasteiger partial charge in [-0.05, 0) is 29.8 Å². The van der Waals surface area contributed by atoms with Crippen molar-refractivity contribution in [2.45, 2.75) is 6.54 Å². The maximum absolute atomic E-state index is 12.9. The molecule has 31 heavy (non-hydrogen) atoms. The lowest BCUT2D eigenvalue weighted by Crippen LogP contribution is -2.36. The average molecular weight is 413 g/mol. The van der Waals surface area contributed by atoms with Gasteiger partial charge in [-0.25, -0.2) is 0 Å². The maximum atomic E-state index is 12.9. The number of carbonyl (C=O) groups excluding carboxylic acids is 1. The van der Waals surface area contributed by atoms with E-state index in [0.717, 1.165) is 35.2 Å². The Kier molecular flexibility index (Phi) is 5.33. The summed E-state index contributed by atoms with van der Waals surface area (Å²) in [6, 6.07) is 19.8. The lowest BCUT2D eigenvalue weighted by molar-refractivity contribution is 0.102. The molecule has 0 saturated carbocycles. The molecule has 0 bridgehead atoms. The molecule has 156 valence electrons. The molecule has 0 aliphatic carbocycles. The van der Waals surface area contributed by atoms with Crippen molar-refractivity contribution in [2.24, 2.45) is 0 Å². The summed E-state index contributed by atoms with van der Waals surface area (Å²) in [6.07, 6.45) is 3.22. The molecule has 7 heteroatoms. The van der Waals surface area contributed by atoms with Gasteiger partial charge in [0.2, 0.25) is 0 Å². The first-order chi connectivity index (χ1) is 15.3. The molecule has 5 rings (SSSR count). The van der Waals surface area contributed by atoms with Crippen LogP contribution in [0.5, 0.6) is 0 Å². The van der Waals surface area contributed by atoms with Gasteiger partial charge >= 0.3 is 0 Å². The maximum Gasteiger partial charge on any atom is 0.256 e. The summed E-state index contributed by atoms with van der Waals surface area (Å²) >= 11 is 0. The lowest BCUT2D eigenvalue weighted by Gasteiger charge is -2.29. The van der Waals surface area contributed by atoms with E-state index in [0.29, 0.717) is 31.1 Å². The van der Waals surface area contributed by atoms with Crippen LogP contribution in [0.3, 0.4) is 0 Å². The molecular formula is C24H23N5O2. The third-order valence-corrected chi connectivity index (χ3v) is 5.46.